The van der Waals surface area contributed by atoms with Crippen LogP contribution in [0, 0.1) is 5.41 Å². The molecule has 0 aliphatic heterocycles. The van der Waals surface area contributed by atoms with Gasteiger partial charge in [-0.1, -0.05) is 13.8 Å². The third-order valence-corrected chi connectivity index (χ3v) is 3.42. The Bertz CT molecular complexity index is 561. The topological polar surface area (TPSA) is 50.2 Å². The van der Waals surface area contributed by atoms with Gasteiger partial charge in [-0.15, -0.1) is 0 Å². The Morgan fingerprint density at radius 3 is 2.40 bits per heavy atom. The highest BCUT2D eigenvalue weighted by Crippen LogP contribution is 2.40. The van der Waals surface area contributed by atoms with Crippen LogP contribution in [-0.4, -0.2) is 15.9 Å². The summed E-state index contributed by atoms with van der Waals surface area (Å²) in [6.07, 6.45) is -1.16. The number of allylic oxidation sites excluding steroid dienone is 1. The highest BCUT2D eigenvalue weighted by atomic mass is 19.4. The Morgan fingerprint density at radius 2 is 1.95 bits per heavy atom. The fourth-order valence-electron chi connectivity index (χ4n) is 2.25. The first-order valence-corrected chi connectivity index (χ1v) is 6.04. The second-order valence-corrected chi connectivity index (χ2v) is 5.61. The molecule has 1 aliphatic carbocycles. The van der Waals surface area contributed by atoms with Crippen molar-refractivity contribution in [3.8, 4) is 0 Å². The number of alkyl halides is 3. The summed E-state index contributed by atoms with van der Waals surface area (Å²) in [5.41, 5.74) is -3.09. The number of nitrogens with zero attached hydrogens (tertiary/aromatic N) is 1. The standard InChI is InChI=1S/C14H14F3NO2/c1-12(2)8-13(20,6-5-11(12)19)10-4-3-9(7-18-10)14(15,16)17/h3-7,20H,8H2,1-2H3. The van der Waals surface area contributed by atoms with E-state index < -0.39 is 22.8 Å². The molecule has 1 aromatic heterocycles. The number of hydrogen-bond acceptors (Lipinski definition) is 3. The van der Waals surface area contributed by atoms with Gasteiger partial charge in [-0.25, -0.2) is 0 Å². The van der Waals surface area contributed by atoms with Crippen molar-refractivity contribution in [3.05, 3.63) is 41.7 Å². The molecule has 1 atom stereocenters. The first-order chi connectivity index (χ1) is 9.05. The van der Waals surface area contributed by atoms with E-state index in [2.05, 4.69) is 4.98 Å². The van der Waals surface area contributed by atoms with Crippen molar-refractivity contribution >= 4 is 5.78 Å². The summed E-state index contributed by atoms with van der Waals surface area (Å²) < 4.78 is 37.4. The van der Waals surface area contributed by atoms with Gasteiger partial charge in [-0.3, -0.25) is 9.78 Å². The van der Waals surface area contributed by atoms with Crippen LogP contribution in [0.4, 0.5) is 13.2 Å². The van der Waals surface area contributed by atoms with Crippen molar-refractivity contribution in [1.29, 1.82) is 0 Å². The maximum Gasteiger partial charge on any atom is 0.417 e. The molecule has 0 saturated carbocycles. The first-order valence-electron chi connectivity index (χ1n) is 6.04. The van der Waals surface area contributed by atoms with E-state index in [1.54, 1.807) is 13.8 Å². The minimum absolute atomic E-state index is 0.0771. The van der Waals surface area contributed by atoms with Gasteiger partial charge in [-0.05, 0) is 30.7 Å². The minimum Gasteiger partial charge on any atom is -0.379 e. The fraction of sp³-hybridized carbons (Fsp3) is 0.429. The zero-order chi connectivity index (χ0) is 15.2. The first kappa shape index (κ1) is 14.7. The maximum atomic E-state index is 12.5. The lowest BCUT2D eigenvalue weighted by molar-refractivity contribution is -0.137. The minimum atomic E-state index is -4.47. The van der Waals surface area contributed by atoms with Gasteiger partial charge in [0, 0.05) is 11.6 Å². The molecule has 0 amide bonds. The summed E-state index contributed by atoms with van der Waals surface area (Å²) in [4.78, 5) is 15.4. The van der Waals surface area contributed by atoms with Gasteiger partial charge in [0.25, 0.3) is 0 Å². The predicted octanol–water partition coefficient (Wildman–Crippen LogP) is 2.84. The predicted molar refractivity (Wildman–Crippen MR) is 65.7 cm³/mol. The lowest BCUT2D eigenvalue weighted by atomic mass is 9.71. The molecule has 2 rings (SSSR count). The number of hydrogen-bond donors (Lipinski definition) is 1. The Balaban J connectivity index is 2.37. The van der Waals surface area contributed by atoms with Crippen molar-refractivity contribution in [2.24, 2.45) is 5.41 Å². The molecule has 0 fully saturated rings. The van der Waals surface area contributed by atoms with Gasteiger partial charge < -0.3 is 5.11 Å². The van der Waals surface area contributed by atoms with Gasteiger partial charge in [-0.2, -0.15) is 13.2 Å². The number of rotatable bonds is 1. The summed E-state index contributed by atoms with van der Waals surface area (Å²) >= 11 is 0. The molecule has 20 heavy (non-hydrogen) atoms. The molecule has 108 valence electrons. The number of carbonyl (C=O) groups excluding carboxylic acids is 1. The molecular weight excluding hydrogens is 271 g/mol. The molecule has 1 unspecified atom stereocenters. The number of ketones is 1. The molecule has 6 heteroatoms. The van der Waals surface area contributed by atoms with Crippen LogP contribution in [0.5, 0.6) is 0 Å². The van der Waals surface area contributed by atoms with Crippen molar-refractivity contribution in [2.45, 2.75) is 32.0 Å². The summed E-state index contributed by atoms with van der Waals surface area (Å²) in [6, 6.07) is 2.01. The number of carbonyl (C=O) groups is 1. The zero-order valence-corrected chi connectivity index (χ0v) is 11.0. The Morgan fingerprint density at radius 1 is 1.30 bits per heavy atom. The van der Waals surface area contributed by atoms with Gasteiger partial charge in [0.15, 0.2) is 5.78 Å². The third-order valence-electron chi connectivity index (χ3n) is 3.42. The van der Waals surface area contributed by atoms with E-state index in [0.29, 0.717) is 6.20 Å². The molecule has 1 aliphatic rings. The largest absolute Gasteiger partial charge is 0.417 e. The van der Waals surface area contributed by atoms with Crippen LogP contribution in [-0.2, 0) is 16.6 Å². The molecule has 0 bridgehead atoms. The second-order valence-electron chi connectivity index (χ2n) is 5.61. The molecule has 1 N–H and O–H groups in total. The van der Waals surface area contributed by atoms with Gasteiger partial charge in [0.1, 0.15) is 5.60 Å². The molecule has 0 saturated heterocycles. The molecule has 3 nitrogen and oxygen atoms in total. The molecule has 0 spiro atoms. The lowest BCUT2D eigenvalue weighted by Gasteiger charge is -2.36. The fourth-order valence-corrected chi connectivity index (χ4v) is 2.25. The highest BCUT2D eigenvalue weighted by molar-refractivity contribution is 5.95. The number of aliphatic hydroxyl groups is 1. The smallest absolute Gasteiger partial charge is 0.379 e. The monoisotopic (exact) mass is 285 g/mol. The van der Waals surface area contributed by atoms with Crippen LogP contribution >= 0.6 is 0 Å². The zero-order valence-electron chi connectivity index (χ0n) is 11.0. The van der Waals surface area contributed by atoms with Gasteiger partial charge in [0.05, 0.1) is 11.3 Å². The Kier molecular flexibility index (Phi) is 3.25. The SMILES string of the molecule is CC1(C)CC(O)(c2ccc(C(F)(F)F)cn2)C=CC1=O. The van der Waals surface area contributed by atoms with Gasteiger partial charge >= 0.3 is 6.18 Å². The third kappa shape index (κ3) is 2.60. The summed E-state index contributed by atoms with van der Waals surface area (Å²) in [6.45, 7) is 3.35. The lowest BCUT2D eigenvalue weighted by Crippen LogP contribution is -2.39. The normalized spacial score (nSPS) is 25.8. The van der Waals surface area contributed by atoms with E-state index in [0.717, 1.165) is 12.1 Å². The molecule has 0 radical (unpaired) electrons. The summed E-state index contributed by atoms with van der Waals surface area (Å²) in [7, 11) is 0. The van der Waals surface area contributed by atoms with Crippen molar-refractivity contribution in [1.82, 2.24) is 4.98 Å². The summed E-state index contributed by atoms with van der Waals surface area (Å²) in [5, 5.41) is 10.5. The Hall–Kier alpha value is -1.69. The Labute approximate surface area is 114 Å². The van der Waals surface area contributed by atoms with Crippen LogP contribution < -0.4 is 0 Å². The van der Waals surface area contributed by atoms with E-state index in [1.807, 2.05) is 0 Å². The van der Waals surface area contributed by atoms with E-state index in [1.165, 1.54) is 12.2 Å². The van der Waals surface area contributed by atoms with E-state index in [4.69, 9.17) is 0 Å². The van der Waals surface area contributed by atoms with Crippen molar-refractivity contribution in [2.75, 3.05) is 0 Å². The number of aromatic nitrogens is 1. The van der Waals surface area contributed by atoms with Crippen LogP contribution in [0.1, 0.15) is 31.5 Å². The molecule has 1 aromatic rings. The second kappa shape index (κ2) is 4.41. The average molecular weight is 285 g/mol. The van der Waals surface area contributed by atoms with E-state index in [-0.39, 0.29) is 17.9 Å². The molecule has 1 heterocycles. The highest BCUT2D eigenvalue weighted by Gasteiger charge is 2.42. The maximum absolute atomic E-state index is 12.5. The van der Waals surface area contributed by atoms with E-state index in [9.17, 15) is 23.1 Å². The summed E-state index contributed by atoms with van der Waals surface area (Å²) in [5.74, 6) is -0.130. The van der Waals surface area contributed by atoms with Crippen LogP contribution in [0.3, 0.4) is 0 Å². The molecule has 0 aromatic carbocycles. The van der Waals surface area contributed by atoms with Crippen molar-refractivity contribution in [3.63, 3.8) is 0 Å². The number of halogens is 3. The van der Waals surface area contributed by atoms with Gasteiger partial charge in [0.2, 0.25) is 0 Å². The van der Waals surface area contributed by atoms with Crippen LogP contribution in [0.15, 0.2) is 30.5 Å². The quantitative estimate of drug-likeness (QED) is 0.863. The molecular formula is C14H14F3NO2. The average Bonchev–Trinajstić information content (AvgIpc) is 2.33. The van der Waals surface area contributed by atoms with E-state index >= 15 is 0 Å². The van der Waals surface area contributed by atoms with Crippen molar-refractivity contribution < 1.29 is 23.1 Å². The van der Waals surface area contributed by atoms with Crippen LogP contribution in [0.2, 0.25) is 0 Å². The van der Waals surface area contributed by atoms with Crippen LogP contribution in [0.25, 0.3) is 0 Å². The number of pyridine rings is 1.